The van der Waals surface area contributed by atoms with E-state index in [1.165, 1.54) is 24.1 Å². The van der Waals surface area contributed by atoms with Gasteiger partial charge < -0.3 is 15.0 Å². The fraction of sp³-hybridized carbons (Fsp3) is 0.355. The van der Waals surface area contributed by atoms with Gasteiger partial charge in [0.25, 0.3) is 10.0 Å². The second-order valence-corrected chi connectivity index (χ2v) is 11.7. The third kappa shape index (κ3) is 7.85. The fourth-order valence-corrected chi connectivity index (χ4v) is 5.56. The lowest BCUT2D eigenvalue weighted by molar-refractivity contribution is -0.139. The summed E-state index contributed by atoms with van der Waals surface area (Å²) in [7, 11) is -2.59. The number of anilines is 1. The first-order valence-electron chi connectivity index (χ1n) is 13.4. The van der Waals surface area contributed by atoms with E-state index in [2.05, 4.69) is 5.32 Å². The minimum atomic E-state index is -4.11. The first kappa shape index (κ1) is 30.7. The van der Waals surface area contributed by atoms with Crippen molar-refractivity contribution in [1.82, 2.24) is 10.2 Å². The van der Waals surface area contributed by atoms with E-state index in [-0.39, 0.29) is 23.4 Å². The topological polar surface area (TPSA) is 96.0 Å². The number of hydrogen-bond donors (Lipinski definition) is 1. The van der Waals surface area contributed by atoms with E-state index in [0.29, 0.717) is 17.9 Å². The van der Waals surface area contributed by atoms with Crippen LogP contribution in [0, 0.1) is 6.92 Å². The summed E-state index contributed by atoms with van der Waals surface area (Å²) in [6.07, 6.45) is 1.26. The maximum atomic E-state index is 13.9. The Morgan fingerprint density at radius 3 is 2.12 bits per heavy atom. The molecule has 2 atom stereocenters. The molecule has 3 aromatic carbocycles. The van der Waals surface area contributed by atoms with Gasteiger partial charge >= 0.3 is 0 Å². The van der Waals surface area contributed by atoms with Gasteiger partial charge in [-0.25, -0.2) is 8.42 Å². The van der Waals surface area contributed by atoms with Crippen LogP contribution in [0.15, 0.2) is 83.8 Å². The highest BCUT2D eigenvalue weighted by molar-refractivity contribution is 7.92. The van der Waals surface area contributed by atoms with Gasteiger partial charge in [-0.2, -0.15) is 0 Å². The molecule has 9 heteroatoms. The lowest BCUT2D eigenvalue weighted by atomic mass is 10.1. The summed E-state index contributed by atoms with van der Waals surface area (Å²) in [4.78, 5) is 28.5. The van der Waals surface area contributed by atoms with Crippen LogP contribution in [0.25, 0.3) is 0 Å². The van der Waals surface area contributed by atoms with E-state index in [1.807, 2.05) is 51.1 Å². The van der Waals surface area contributed by atoms with Crippen LogP contribution in [-0.4, -0.2) is 57.4 Å². The highest BCUT2D eigenvalue weighted by Crippen LogP contribution is 2.26. The zero-order valence-corrected chi connectivity index (χ0v) is 24.6. The first-order chi connectivity index (χ1) is 19.1. The van der Waals surface area contributed by atoms with Crippen molar-refractivity contribution in [2.75, 3.05) is 24.5 Å². The number of sulfonamides is 1. The molecule has 214 valence electrons. The zero-order valence-electron chi connectivity index (χ0n) is 23.8. The van der Waals surface area contributed by atoms with Crippen LogP contribution in [0.3, 0.4) is 0 Å². The lowest BCUT2D eigenvalue weighted by Crippen LogP contribution is -2.53. The highest BCUT2D eigenvalue weighted by Gasteiger charge is 2.32. The van der Waals surface area contributed by atoms with Gasteiger partial charge in [0.2, 0.25) is 11.8 Å². The van der Waals surface area contributed by atoms with Crippen molar-refractivity contribution in [3.8, 4) is 5.75 Å². The molecule has 0 saturated heterocycles. The summed E-state index contributed by atoms with van der Waals surface area (Å²) < 4.78 is 34.1. The monoisotopic (exact) mass is 565 g/mol. The molecule has 0 saturated carbocycles. The smallest absolute Gasteiger partial charge is 0.264 e. The molecule has 0 fully saturated rings. The van der Waals surface area contributed by atoms with Crippen molar-refractivity contribution in [1.29, 1.82) is 0 Å². The van der Waals surface area contributed by atoms with Crippen molar-refractivity contribution in [2.24, 2.45) is 0 Å². The molecule has 0 bridgehead atoms. The Labute approximate surface area is 238 Å². The second kappa shape index (κ2) is 14.0. The van der Waals surface area contributed by atoms with Gasteiger partial charge in [0.15, 0.2) is 0 Å². The van der Waals surface area contributed by atoms with Crippen LogP contribution in [0.4, 0.5) is 5.69 Å². The summed E-state index contributed by atoms with van der Waals surface area (Å²) in [5.74, 6) is -0.204. The molecular weight excluding hydrogens is 526 g/mol. The predicted octanol–water partition coefficient (Wildman–Crippen LogP) is 4.57. The quantitative estimate of drug-likeness (QED) is 0.328. The van der Waals surface area contributed by atoms with E-state index in [0.717, 1.165) is 21.9 Å². The zero-order chi connectivity index (χ0) is 29.3. The van der Waals surface area contributed by atoms with Crippen LogP contribution in [-0.2, 0) is 26.0 Å². The van der Waals surface area contributed by atoms with Gasteiger partial charge in [-0.3, -0.25) is 13.9 Å². The molecule has 8 nitrogen and oxygen atoms in total. The number of aryl methyl sites for hydroxylation is 1. The second-order valence-electron chi connectivity index (χ2n) is 9.84. The number of nitrogens with zero attached hydrogens (tertiary/aromatic N) is 2. The number of rotatable bonds is 13. The Kier molecular flexibility index (Phi) is 10.7. The standard InChI is InChI=1S/C31H39N3O5S/c1-6-24(3)32-31(36)25(4)33(21-20-26-10-8-7-9-11-26)30(35)22-34(27-14-16-28(39-5)17-15-27)40(37,38)29-18-12-23(2)13-19-29/h7-19,24-25H,6,20-22H2,1-5H3,(H,32,36)/t24-,25-/m1/s1. The first-order valence-corrected chi connectivity index (χ1v) is 14.9. The molecular formula is C31H39N3O5S. The molecule has 0 aromatic heterocycles. The molecule has 0 spiro atoms. The molecule has 0 aliphatic heterocycles. The number of benzene rings is 3. The Bertz CT molecular complexity index is 1360. The maximum absolute atomic E-state index is 13.9. The van der Waals surface area contributed by atoms with Gasteiger partial charge in [0.05, 0.1) is 17.7 Å². The largest absolute Gasteiger partial charge is 0.497 e. The van der Waals surface area contributed by atoms with Gasteiger partial charge in [-0.1, -0.05) is 55.0 Å². The number of carbonyl (C=O) groups is 2. The third-order valence-corrected chi connectivity index (χ3v) is 8.69. The SMILES string of the molecule is CC[C@@H](C)NC(=O)[C@@H](C)N(CCc1ccccc1)C(=O)CN(c1ccc(OC)cc1)S(=O)(=O)c1ccc(C)cc1. The van der Waals surface area contributed by atoms with E-state index >= 15 is 0 Å². The Morgan fingerprint density at radius 2 is 1.55 bits per heavy atom. The van der Waals surface area contributed by atoms with Crippen molar-refractivity contribution < 1.29 is 22.7 Å². The average Bonchev–Trinajstić information content (AvgIpc) is 2.96. The lowest BCUT2D eigenvalue weighted by Gasteiger charge is -2.32. The number of carbonyl (C=O) groups excluding carboxylic acids is 2. The molecule has 0 aliphatic carbocycles. The maximum Gasteiger partial charge on any atom is 0.264 e. The van der Waals surface area contributed by atoms with E-state index in [9.17, 15) is 18.0 Å². The predicted molar refractivity (Wildman–Crippen MR) is 158 cm³/mol. The molecule has 2 amide bonds. The molecule has 0 unspecified atom stereocenters. The minimum Gasteiger partial charge on any atom is -0.497 e. The molecule has 3 aromatic rings. The summed E-state index contributed by atoms with van der Waals surface area (Å²) in [6.45, 7) is 7.19. The summed E-state index contributed by atoms with van der Waals surface area (Å²) in [5, 5.41) is 2.94. The van der Waals surface area contributed by atoms with Crippen molar-refractivity contribution in [3.05, 3.63) is 90.0 Å². The molecule has 40 heavy (non-hydrogen) atoms. The fourth-order valence-electron chi connectivity index (χ4n) is 4.15. The van der Waals surface area contributed by atoms with Crippen LogP contribution in [0.2, 0.25) is 0 Å². The molecule has 1 N–H and O–H groups in total. The Balaban J connectivity index is 1.97. The van der Waals surface area contributed by atoms with Gasteiger partial charge in [-0.05, 0) is 75.6 Å². The summed E-state index contributed by atoms with van der Waals surface area (Å²) in [6, 6.07) is 21.8. The van der Waals surface area contributed by atoms with Crippen molar-refractivity contribution in [3.63, 3.8) is 0 Å². The average molecular weight is 566 g/mol. The van der Waals surface area contributed by atoms with Gasteiger partial charge in [0.1, 0.15) is 18.3 Å². The van der Waals surface area contributed by atoms with E-state index in [1.54, 1.807) is 43.3 Å². The minimum absolute atomic E-state index is 0.0567. The van der Waals surface area contributed by atoms with Crippen LogP contribution in [0.5, 0.6) is 5.75 Å². The Morgan fingerprint density at radius 1 is 0.925 bits per heavy atom. The van der Waals surface area contributed by atoms with Crippen molar-refractivity contribution in [2.45, 2.75) is 57.5 Å². The van der Waals surface area contributed by atoms with E-state index in [4.69, 9.17) is 4.74 Å². The van der Waals surface area contributed by atoms with Gasteiger partial charge in [0, 0.05) is 12.6 Å². The van der Waals surface area contributed by atoms with Crippen LogP contribution in [0.1, 0.15) is 38.3 Å². The van der Waals surface area contributed by atoms with Crippen LogP contribution < -0.4 is 14.4 Å². The Hall–Kier alpha value is -3.85. The van der Waals surface area contributed by atoms with E-state index < -0.39 is 28.5 Å². The highest BCUT2D eigenvalue weighted by atomic mass is 32.2. The summed E-state index contributed by atoms with van der Waals surface area (Å²) in [5.41, 5.74) is 2.24. The molecule has 3 rings (SSSR count). The number of hydrogen-bond acceptors (Lipinski definition) is 5. The number of amides is 2. The molecule has 0 radical (unpaired) electrons. The normalized spacial score (nSPS) is 12.7. The number of nitrogens with one attached hydrogen (secondary N) is 1. The molecule has 0 aliphatic rings. The van der Waals surface area contributed by atoms with Crippen LogP contribution >= 0.6 is 0 Å². The summed E-state index contributed by atoms with van der Waals surface area (Å²) >= 11 is 0. The number of ether oxygens (including phenoxy) is 1. The number of methoxy groups -OCH3 is 1. The third-order valence-electron chi connectivity index (χ3n) is 6.90. The molecule has 0 heterocycles. The van der Waals surface area contributed by atoms with Gasteiger partial charge in [-0.15, -0.1) is 0 Å². The van der Waals surface area contributed by atoms with Crippen molar-refractivity contribution >= 4 is 27.5 Å².